The summed E-state index contributed by atoms with van der Waals surface area (Å²) in [6.45, 7) is 7.45. The summed E-state index contributed by atoms with van der Waals surface area (Å²) in [5.41, 5.74) is 3.28. The van der Waals surface area contributed by atoms with Crippen molar-refractivity contribution in [1.29, 1.82) is 0 Å². The minimum absolute atomic E-state index is 0.112. The summed E-state index contributed by atoms with van der Waals surface area (Å²) in [5.74, 6) is -0.593. The third-order valence-electron chi connectivity index (χ3n) is 6.11. The summed E-state index contributed by atoms with van der Waals surface area (Å²) in [7, 11) is -3.66. The number of benzene rings is 2. The Kier molecular flexibility index (Phi) is 8.43. The predicted octanol–water partition coefficient (Wildman–Crippen LogP) is 4.99. The third-order valence-corrected chi connectivity index (χ3v) is 8.92. The van der Waals surface area contributed by atoms with Crippen LogP contribution in [0, 0.1) is 0 Å². The second-order valence-corrected chi connectivity index (χ2v) is 11.7. The van der Waals surface area contributed by atoms with Crippen LogP contribution in [0.5, 0.6) is 0 Å². The molecule has 0 spiro atoms. The molecule has 1 aromatic heterocycles. The summed E-state index contributed by atoms with van der Waals surface area (Å²) in [6.07, 6.45) is 0. The van der Waals surface area contributed by atoms with E-state index >= 15 is 0 Å². The Morgan fingerprint density at radius 3 is 2.30 bits per heavy atom. The maximum Gasteiger partial charge on any atom is 0.341 e. The van der Waals surface area contributed by atoms with E-state index in [0.717, 1.165) is 5.56 Å². The number of hydrogen-bond acceptors (Lipinski definition) is 7. The van der Waals surface area contributed by atoms with Crippen molar-refractivity contribution in [2.24, 2.45) is 0 Å². The zero-order valence-corrected chi connectivity index (χ0v) is 22.7. The molecule has 2 aromatic carbocycles. The van der Waals surface area contributed by atoms with Crippen molar-refractivity contribution in [2.75, 3.05) is 38.2 Å². The fourth-order valence-corrected chi connectivity index (χ4v) is 6.37. The van der Waals surface area contributed by atoms with Crippen LogP contribution in [0.3, 0.4) is 0 Å². The average Bonchev–Trinajstić information content (AvgIpc) is 3.33. The highest BCUT2D eigenvalue weighted by Crippen LogP contribution is 2.37. The number of sulfonamides is 1. The van der Waals surface area contributed by atoms with Crippen molar-refractivity contribution in [3.05, 3.63) is 70.6 Å². The van der Waals surface area contributed by atoms with Gasteiger partial charge in [-0.25, -0.2) is 13.2 Å². The lowest BCUT2D eigenvalue weighted by atomic mass is 9.98. The number of anilines is 1. The predicted molar refractivity (Wildman–Crippen MR) is 144 cm³/mol. The summed E-state index contributed by atoms with van der Waals surface area (Å²) >= 11 is 1.24. The smallest absolute Gasteiger partial charge is 0.341 e. The van der Waals surface area contributed by atoms with E-state index in [2.05, 4.69) is 19.2 Å². The molecule has 1 N–H and O–H groups in total. The third kappa shape index (κ3) is 5.93. The molecule has 2 heterocycles. The van der Waals surface area contributed by atoms with Crippen LogP contribution in [0.2, 0.25) is 0 Å². The first-order chi connectivity index (χ1) is 17.7. The quantitative estimate of drug-likeness (QED) is 0.403. The van der Waals surface area contributed by atoms with Gasteiger partial charge in [-0.05, 0) is 48.2 Å². The Balaban J connectivity index is 1.57. The van der Waals surface area contributed by atoms with Crippen molar-refractivity contribution in [3.8, 4) is 11.1 Å². The standard InChI is InChI=1S/C27H30N2O6S2/c1-4-35-27(31)24-23(20-7-5-19(6-8-20)18(2)3)17-36-26(24)28-25(30)21-9-11-22(12-10-21)37(32,33)29-13-15-34-16-14-29/h5-12,17-18H,4,13-16H2,1-3H3,(H,28,30). The van der Waals surface area contributed by atoms with Crippen molar-refractivity contribution < 1.29 is 27.5 Å². The van der Waals surface area contributed by atoms with Crippen molar-refractivity contribution in [3.63, 3.8) is 0 Å². The van der Waals surface area contributed by atoms with Gasteiger partial charge in [0.1, 0.15) is 10.6 Å². The zero-order chi connectivity index (χ0) is 26.6. The monoisotopic (exact) mass is 542 g/mol. The first kappa shape index (κ1) is 27.0. The van der Waals surface area contributed by atoms with Crippen LogP contribution in [0.15, 0.2) is 58.8 Å². The molecule has 37 heavy (non-hydrogen) atoms. The lowest BCUT2D eigenvalue weighted by Crippen LogP contribution is -2.40. The second-order valence-electron chi connectivity index (χ2n) is 8.85. The molecule has 8 nitrogen and oxygen atoms in total. The maximum atomic E-state index is 13.0. The molecule has 0 radical (unpaired) electrons. The van der Waals surface area contributed by atoms with Gasteiger partial charge in [-0.15, -0.1) is 11.3 Å². The molecule has 3 aromatic rings. The topological polar surface area (TPSA) is 102 Å². The number of esters is 1. The summed E-state index contributed by atoms with van der Waals surface area (Å²) in [4.78, 5) is 26.0. The van der Waals surface area contributed by atoms with Crippen molar-refractivity contribution >= 4 is 38.2 Å². The molecule has 196 valence electrons. The largest absolute Gasteiger partial charge is 0.462 e. The Hall–Kier alpha value is -3.05. The van der Waals surface area contributed by atoms with Gasteiger partial charge >= 0.3 is 5.97 Å². The van der Waals surface area contributed by atoms with Crippen LogP contribution in [-0.2, 0) is 19.5 Å². The summed E-state index contributed by atoms with van der Waals surface area (Å²) < 4.78 is 37.6. The van der Waals surface area contributed by atoms with Gasteiger partial charge in [0.05, 0.1) is 24.7 Å². The van der Waals surface area contributed by atoms with Crippen molar-refractivity contribution in [1.82, 2.24) is 4.31 Å². The number of nitrogens with zero attached hydrogens (tertiary/aromatic N) is 1. The molecule has 0 unspecified atom stereocenters. The zero-order valence-electron chi connectivity index (χ0n) is 21.0. The highest BCUT2D eigenvalue weighted by Gasteiger charge is 2.27. The molecule has 0 saturated carbocycles. The van der Waals surface area contributed by atoms with Crippen molar-refractivity contribution in [2.45, 2.75) is 31.6 Å². The SMILES string of the molecule is CCOC(=O)c1c(-c2ccc(C(C)C)cc2)csc1NC(=O)c1ccc(S(=O)(=O)N2CCOCC2)cc1. The van der Waals surface area contributed by atoms with Gasteiger partial charge in [-0.2, -0.15) is 4.31 Å². The number of thiophene rings is 1. The number of ether oxygens (including phenoxy) is 2. The van der Waals surface area contributed by atoms with Crippen LogP contribution in [-0.4, -0.2) is 57.5 Å². The van der Waals surface area contributed by atoms with E-state index in [1.54, 1.807) is 6.92 Å². The van der Waals surface area contributed by atoms with Crippen LogP contribution in [0.1, 0.15) is 53.0 Å². The number of carbonyl (C=O) groups is 2. The lowest BCUT2D eigenvalue weighted by molar-refractivity contribution is 0.0529. The number of amides is 1. The van der Waals surface area contributed by atoms with Gasteiger partial charge in [0.2, 0.25) is 10.0 Å². The molecule has 1 amide bonds. The molecule has 4 rings (SSSR count). The van der Waals surface area contributed by atoms with Gasteiger partial charge in [0.15, 0.2) is 0 Å². The molecule has 0 atom stereocenters. The molecule has 1 fully saturated rings. The Morgan fingerprint density at radius 1 is 1.05 bits per heavy atom. The van der Waals surface area contributed by atoms with E-state index in [9.17, 15) is 18.0 Å². The number of hydrogen-bond donors (Lipinski definition) is 1. The minimum atomic E-state index is -3.66. The Bertz CT molecular complexity index is 1360. The first-order valence-corrected chi connectivity index (χ1v) is 14.4. The lowest BCUT2D eigenvalue weighted by Gasteiger charge is -2.26. The molecule has 10 heteroatoms. The highest BCUT2D eigenvalue weighted by atomic mass is 32.2. The first-order valence-electron chi connectivity index (χ1n) is 12.1. The van der Waals surface area contributed by atoms with Crippen LogP contribution < -0.4 is 5.32 Å². The molecule has 0 bridgehead atoms. The highest BCUT2D eigenvalue weighted by molar-refractivity contribution is 7.89. The van der Waals surface area contributed by atoms with Crippen LogP contribution in [0.25, 0.3) is 11.1 Å². The number of carbonyl (C=O) groups excluding carboxylic acids is 2. The van der Waals surface area contributed by atoms with E-state index < -0.39 is 21.9 Å². The number of nitrogens with one attached hydrogen (secondary N) is 1. The van der Waals surface area contributed by atoms with Crippen LogP contribution in [0.4, 0.5) is 5.00 Å². The van der Waals surface area contributed by atoms with Gasteiger partial charge in [0.25, 0.3) is 5.91 Å². The fraction of sp³-hybridized carbons (Fsp3) is 0.333. The van der Waals surface area contributed by atoms with E-state index in [1.807, 2.05) is 29.6 Å². The van der Waals surface area contributed by atoms with Gasteiger partial charge in [-0.1, -0.05) is 38.1 Å². The summed E-state index contributed by atoms with van der Waals surface area (Å²) in [5, 5.41) is 5.01. The number of morpholine rings is 1. The van der Waals surface area contributed by atoms with Gasteiger partial charge < -0.3 is 14.8 Å². The second kappa shape index (κ2) is 11.6. The van der Waals surface area contributed by atoms with E-state index in [1.165, 1.54) is 45.5 Å². The normalized spacial score (nSPS) is 14.5. The fourth-order valence-electron chi connectivity index (χ4n) is 4.01. The molecular weight excluding hydrogens is 512 g/mol. The minimum Gasteiger partial charge on any atom is -0.462 e. The molecule has 1 saturated heterocycles. The summed E-state index contributed by atoms with van der Waals surface area (Å²) in [6, 6.07) is 13.7. The van der Waals surface area contributed by atoms with Gasteiger partial charge in [-0.3, -0.25) is 4.79 Å². The van der Waals surface area contributed by atoms with Crippen LogP contribution >= 0.6 is 11.3 Å². The van der Waals surface area contributed by atoms with E-state index in [-0.39, 0.29) is 17.1 Å². The van der Waals surface area contributed by atoms with E-state index in [0.29, 0.717) is 48.3 Å². The maximum absolute atomic E-state index is 13.0. The molecule has 1 aliphatic heterocycles. The molecule has 1 aliphatic rings. The molecule has 0 aliphatic carbocycles. The van der Waals surface area contributed by atoms with Gasteiger partial charge in [0, 0.05) is 29.6 Å². The average molecular weight is 543 g/mol. The molecular formula is C27H30N2O6S2. The van der Waals surface area contributed by atoms with E-state index in [4.69, 9.17) is 9.47 Å². The Labute approximate surface area is 221 Å². The number of rotatable bonds is 8. The Morgan fingerprint density at radius 2 is 1.70 bits per heavy atom.